The molecule has 120 valence electrons. The Balaban J connectivity index is 1.98. The van der Waals surface area contributed by atoms with Crippen LogP contribution in [-0.4, -0.2) is 30.2 Å². The summed E-state index contributed by atoms with van der Waals surface area (Å²) in [5, 5.41) is 19.8. The summed E-state index contributed by atoms with van der Waals surface area (Å²) in [6.45, 7) is 0. The number of rotatable bonds is 3. The Morgan fingerprint density at radius 3 is 2.39 bits per heavy atom. The summed E-state index contributed by atoms with van der Waals surface area (Å²) in [6, 6.07) is 7.84. The van der Waals surface area contributed by atoms with Crippen molar-refractivity contribution in [3.05, 3.63) is 41.5 Å². The zero-order valence-corrected chi connectivity index (χ0v) is 12.7. The monoisotopic (exact) mass is 316 g/mol. The molecule has 1 aliphatic heterocycles. The fourth-order valence-corrected chi connectivity index (χ4v) is 2.63. The van der Waals surface area contributed by atoms with Gasteiger partial charge >= 0.3 is 0 Å². The van der Waals surface area contributed by atoms with Gasteiger partial charge < -0.3 is 24.4 Å². The number of carbonyl (C=O) groups excluding carboxylic acids is 1. The number of phenols is 2. The van der Waals surface area contributed by atoms with E-state index in [4.69, 9.17) is 14.2 Å². The van der Waals surface area contributed by atoms with E-state index < -0.39 is 6.10 Å². The largest absolute Gasteiger partial charge is 0.504 e. The molecule has 0 saturated heterocycles. The van der Waals surface area contributed by atoms with Crippen molar-refractivity contribution in [2.45, 2.75) is 12.5 Å². The molecule has 0 fully saturated rings. The zero-order chi connectivity index (χ0) is 16.6. The lowest BCUT2D eigenvalue weighted by Gasteiger charge is -2.26. The van der Waals surface area contributed by atoms with E-state index in [1.807, 2.05) is 0 Å². The first-order chi connectivity index (χ1) is 11.0. The van der Waals surface area contributed by atoms with Gasteiger partial charge in [-0.05, 0) is 24.3 Å². The second-order valence-electron chi connectivity index (χ2n) is 5.19. The molecular formula is C17H16O6. The van der Waals surface area contributed by atoms with Crippen molar-refractivity contribution in [2.24, 2.45) is 0 Å². The van der Waals surface area contributed by atoms with Gasteiger partial charge in [0.15, 0.2) is 17.3 Å². The molecule has 0 unspecified atom stereocenters. The number of fused-ring (bicyclic) bond motifs is 1. The average molecular weight is 316 g/mol. The maximum absolute atomic E-state index is 12.3. The lowest BCUT2D eigenvalue weighted by Crippen LogP contribution is -2.20. The van der Waals surface area contributed by atoms with Crippen LogP contribution in [0.2, 0.25) is 0 Å². The van der Waals surface area contributed by atoms with Gasteiger partial charge in [-0.15, -0.1) is 0 Å². The highest BCUT2D eigenvalue weighted by atomic mass is 16.5. The summed E-state index contributed by atoms with van der Waals surface area (Å²) < 4.78 is 15.9. The number of hydrogen-bond donors (Lipinski definition) is 2. The van der Waals surface area contributed by atoms with E-state index in [9.17, 15) is 15.0 Å². The zero-order valence-electron chi connectivity index (χ0n) is 12.7. The normalized spacial score (nSPS) is 16.4. The molecule has 3 rings (SSSR count). The van der Waals surface area contributed by atoms with Crippen LogP contribution in [0.1, 0.15) is 28.4 Å². The second kappa shape index (κ2) is 5.72. The molecule has 2 N–H and O–H groups in total. The molecule has 0 spiro atoms. The molecule has 6 nitrogen and oxygen atoms in total. The van der Waals surface area contributed by atoms with Gasteiger partial charge in [-0.1, -0.05) is 0 Å². The first-order valence-corrected chi connectivity index (χ1v) is 7.01. The molecule has 0 bridgehead atoms. The minimum atomic E-state index is -0.607. The second-order valence-corrected chi connectivity index (χ2v) is 5.19. The van der Waals surface area contributed by atoms with E-state index in [1.54, 1.807) is 18.2 Å². The van der Waals surface area contributed by atoms with Crippen molar-refractivity contribution in [3.8, 4) is 28.7 Å². The van der Waals surface area contributed by atoms with Gasteiger partial charge in [0.25, 0.3) is 0 Å². The molecule has 1 heterocycles. The fraction of sp³-hybridized carbons (Fsp3) is 0.235. The quantitative estimate of drug-likeness (QED) is 0.905. The Morgan fingerprint density at radius 1 is 1.09 bits per heavy atom. The van der Waals surface area contributed by atoms with Crippen LogP contribution in [0.3, 0.4) is 0 Å². The van der Waals surface area contributed by atoms with E-state index in [2.05, 4.69) is 0 Å². The van der Waals surface area contributed by atoms with Gasteiger partial charge in [0, 0.05) is 11.6 Å². The van der Waals surface area contributed by atoms with Crippen LogP contribution in [0.5, 0.6) is 28.7 Å². The molecule has 0 aliphatic carbocycles. The molecule has 0 aromatic heterocycles. The molecular weight excluding hydrogens is 300 g/mol. The minimum absolute atomic E-state index is 0.0158. The van der Waals surface area contributed by atoms with Crippen LogP contribution in [-0.2, 0) is 0 Å². The summed E-state index contributed by atoms with van der Waals surface area (Å²) in [7, 11) is 2.88. The van der Waals surface area contributed by atoms with Crippen molar-refractivity contribution in [3.63, 3.8) is 0 Å². The molecule has 6 heteroatoms. The van der Waals surface area contributed by atoms with E-state index in [0.29, 0.717) is 22.6 Å². The van der Waals surface area contributed by atoms with Gasteiger partial charge in [0.1, 0.15) is 17.6 Å². The minimum Gasteiger partial charge on any atom is -0.504 e. The molecule has 2 aromatic rings. The lowest BCUT2D eigenvalue weighted by atomic mass is 9.95. The van der Waals surface area contributed by atoms with Crippen molar-refractivity contribution >= 4 is 5.78 Å². The Labute approximate surface area is 132 Å². The third-order valence-corrected chi connectivity index (χ3v) is 3.78. The highest BCUT2D eigenvalue weighted by Crippen LogP contribution is 2.42. The van der Waals surface area contributed by atoms with Gasteiger partial charge in [0.2, 0.25) is 5.75 Å². The number of Topliss-reactive ketones (excluding diaryl/α,β-unsaturated/α-hetero) is 1. The van der Waals surface area contributed by atoms with E-state index in [1.165, 1.54) is 26.4 Å². The van der Waals surface area contributed by atoms with Gasteiger partial charge in [-0.3, -0.25) is 4.79 Å². The Kier molecular flexibility index (Phi) is 3.73. The Hall–Kier alpha value is -2.89. The van der Waals surface area contributed by atoms with E-state index in [-0.39, 0.29) is 29.5 Å². The summed E-state index contributed by atoms with van der Waals surface area (Å²) in [6.07, 6.45) is -0.491. The highest BCUT2D eigenvalue weighted by molar-refractivity contribution is 6.00. The Bertz CT molecular complexity index is 745. The van der Waals surface area contributed by atoms with Crippen molar-refractivity contribution < 1.29 is 29.2 Å². The number of benzene rings is 2. The molecule has 0 saturated carbocycles. The van der Waals surface area contributed by atoms with Crippen LogP contribution < -0.4 is 14.2 Å². The number of phenolic OH excluding ortho intramolecular Hbond substituents is 2. The molecule has 0 amide bonds. The third-order valence-electron chi connectivity index (χ3n) is 3.78. The molecule has 1 aliphatic rings. The van der Waals surface area contributed by atoms with Crippen molar-refractivity contribution in [1.29, 1.82) is 0 Å². The fourth-order valence-electron chi connectivity index (χ4n) is 2.63. The van der Waals surface area contributed by atoms with Gasteiger partial charge in [-0.25, -0.2) is 0 Å². The number of ether oxygens (including phenoxy) is 3. The number of ketones is 1. The predicted molar refractivity (Wildman–Crippen MR) is 81.6 cm³/mol. The average Bonchev–Trinajstić information content (AvgIpc) is 2.53. The van der Waals surface area contributed by atoms with Crippen LogP contribution in [0.15, 0.2) is 30.3 Å². The standard InChI is InChI=1S/C17H16O6/c1-21-10-3-4-11-12(18)8-15(23-16(11)7-10)9-5-13(19)17(22-2)14(20)6-9/h3-7,15,19-20H,8H2,1-2H3/t15-/m0/s1. The molecule has 2 aromatic carbocycles. The number of methoxy groups -OCH3 is 2. The first kappa shape index (κ1) is 15.0. The molecule has 23 heavy (non-hydrogen) atoms. The summed E-state index contributed by atoms with van der Waals surface area (Å²) >= 11 is 0. The Morgan fingerprint density at radius 2 is 1.78 bits per heavy atom. The van der Waals surface area contributed by atoms with Crippen LogP contribution in [0, 0.1) is 0 Å². The maximum Gasteiger partial charge on any atom is 0.202 e. The van der Waals surface area contributed by atoms with E-state index in [0.717, 1.165) is 0 Å². The number of aromatic hydroxyl groups is 2. The molecule has 0 radical (unpaired) electrons. The van der Waals surface area contributed by atoms with Crippen LogP contribution >= 0.6 is 0 Å². The molecule has 1 atom stereocenters. The summed E-state index contributed by atoms with van der Waals surface area (Å²) in [5.41, 5.74) is 0.978. The predicted octanol–water partition coefficient (Wildman–Crippen LogP) is 2.82. The van der Waals surface area contributed by atoms with Crippen LogP contribution in [0.4, 0.5) is 0 Å². The highest BCUT2D eigenvalue weighted by Gasteiger charge is 2.29. The van der Waals surface area contributed by atoms with Crippen molar-refractivity contribution in [1.82, 2.24) is 0 Å². The first-order valence-electron chi connectivity index (χ1n) is 7.01. The van der Waals surface area contributed by atoms with Gasteiger partial charge in [-0.2, -0.15) is 0 Å². The third kappa shape index (κ3) is 2.63. The van der Waals surface area contributed by atoms with Gasteiger partial charge in [0.05, 0.1) is 26.2 Å². The van der Waals surface area contributed by atoms with E-state index >= 15 is 0 Å². The van der Waals surface area contributed by atoms with Crippen molar-refractivity contribution in [2.75, 3.05) is 14.2 Å². The summed E-state index contributed by atoms with van der Waals surface area (Å²) in [4.78, 5) is 12.3. The SMILES string of the molecule is COc1ccc2c(c1)O[C@H](c1cc(O)c(OC)c(O)c1)CC2=O. The van der Waals surface area contributed by atoms with Crippen LogP contribution in [0.25, 0.3) is 0 Å². The smallest absolute Gasteiger partial charge is 0.202 e. The maximum atomic E-state index is 12.3. The topological polar surface area (TPSA) is 85.2 Å². The number of hydrogen-bond acceptors (Lipinski definition) is 6. The lowest BCUT2D eigenvalue weighted by molar-refractivity contribution is 0.0848. The number of carbonyl (C=O) groups is 1. The summed E-state index contributed by atoms with van der Waals surface area (Å²) in [5.74, 6) is 0.481.